The molecule has 7 heteroatoms. The molecule has 0 spiro atoms. The number of hydrogen-bond donors (Lipinski definition) is 1. The second-order valence-electron chi connectivity index (χ2n) is 5.25. The van der Waals surface area contributed by atoms with E-state index in [-0.39, 0.29) is 18.1 Å². The molecule has 2 heterocycles. The number of aromatic nitrogens is 2. The predicted molar refractivity (Wildman–Crippen MR) is 89.0 cm³/mol. The molecular weight excluding hydrogens is 329 g/mol. The molecule has 1 N–H and O–H groups in total. The van der Waals surface area contributed by atoms with Crippen LogP contribution in [0, 0.1) is 5.82 Å². The first-order valence-electron chi connectivity index (χ1n) is 7.57. The van der Waals surface area contributed by atoms with Crippen LogP contribution in [0.5, 0.6) is 0 Å². The molecule has 124 valence electrons. The maximum atomic E-state index is 12.8. The SMILES string of the molecule is O=C(CCc1nc(-c2ccsc2)no1)NCCc1ccc(F)cc1. The molecule has 24 heavy (non-hydrogen) atoms. The highest BCUT2D eigenvalue weighted by Gasteiger charge is 2.10. The molecule has 0 saturated carbocycles. The quantitative estimate of drug-likeness (QED) is 0.714. The van der Waals surface area contributed by atoms with Crippen molar-refractivity contribution >= 4 is 17.2 Å². The van der Waals surface area contributed by atoms with Crippen LogP contribution in [0.15, 0.2) is 45.6 Å². The van der Waals surface area contributed by atoms with Crippen LogP contribution in [0.3, 0.4) is 0 Å². The van der Waals surface area contributed by atoms with Crippen molar-refractivity contribution in [1.29, 1.82) is 0 Å². The van der Waals surface area contributed by atoms with Crippen molar-refractivity contribution < 1.29 is 13.7 Å². The highest BCUT2D eigenvalue weighted by Crippen LogP contribution is 2.18. The van der Waals surface area contributed by atoms with E-state index < -0.39 is 0 Å². The van der Waals surface area contributed by atoms with Crippen molar-refractivity contribution in [3.05, 3.63) is 58.4 Å². The van der Waals surface area contributed by atoms with Gasteiger partial charge in [0.05, 0.1) is 0 Å². The number of thiophene rings is 1. The summed E-state index contributed by atoms with van der Waals surface area (Å²) in [7, 11) is 0. The molecule has 5 nitrogen and oxygen atoms in total. The number of halogens is 1. The molecule has 0 aliphatic heterocycles. The second kappa shape index (κ2) is 7.83. The van der Waals surface area contributed by atoms with Gasteiger partial charge in [-0.1, -0.05) is 17.3 Å². The Kier molecular flexibility index (Phi) is 5.32. The summed E-state index contributed by atoms with van der Waals surface area (Å²) in [6, 6.07) is 8.18. The lowest BCUT2D eigenvalue weighted by Crippen LogP contribution is -2.25. The lowest BCUT2D eigenvalue weighted by Gasteiger charge is -2.04. The van der Waals surface area contributed by atoms with E-state index in [0.717, 1.165) is 11.1 Å². The Morgan fingerprint density at radius 3 is 2.79 bits per heavy atom. The third-order valence-electron chi connectivity index (χ3n) is 3.46. The minimum atomic E-state index is -0.260. The number of nitrogens with one attached hydrogen (secondary N) is 1. The molecule has 0 radical (unpaired) electrons. The van der Waals surface area contributed by atoms with Gasteiger partial charge in [-0.05, 0) is 35.6 Å². The van der Waals surface area contributed by atoms with Gasteiger partial charge in [-0.25, -0.2) is 4.39 Å². The number of hydrogen-bond acceptors (Lipinski definition) is 5. The van der Waals surface area contributed by atoms with Gasteiger partial charge in [0.2, 0.25) is 17.6 Å². The van der Waals surface area contributed by atoms with Gasteiger partial charge in [0.15, 0.2) is 0 Å². The zero-order valence-electron chi connectivity index (χ0n) is 12.9. The zero-order valence-corrected chi connectivity index (χ0v) is 13.7. The van der Waals surface area contributed by atoms with Gasteiger partial charge in [0, 0.05) is 30.3 Å². The summed E-state index contributed by atoms with van der Waals surface area (Å²) in [5.74, 6) is 0.657. The summed E-state index contributed by atoms with van der Waals surface area (Å²) in [6.45, 7) is 0.508. The first-order valence-corrected chi connectivity index (χ1v) is 8.51. The Bertz CT molecular complexity index is 785. The number of nitrogens with zero attached hydrogens (tertiary/aromatic N) is 2. The molecule has 2 aromatic heterocycles. The van der Waals surface area contributed by atoms with E-state index in [1.807, 2.05) is 16.8 Å². The van der Waals surface area contributed by atoms with Gasteiger partial charge in [-0.2, -0.15) is 16.3 Å². The van der Waals surface area contributed by atoms with Gasteiger partial charge in [-0.15, -0.1) is 0 Å². The van der Waals surface area contributed by atoms with Crippen LogP contribution >= 0.6 is 11.3 Å². The molecule has 0 saturated heterocycles. The Balaban J connectivity index is 1.40. The van der Waals surface area contributed by atoms with E-state index in [4.69, 9.17) is 4.52 Å². The summed E-state index contributed by atoms with van der Waals surface area (Å²) < 4.78 is 18.0. The maximum absolute atomic E-state index is 12.8. The number of benzene rings is 1. The van der Waals surface area contributed by atoms with Crippen LogP contribution in [0.25, 0.3) is 11.4 Å². The van der Waals surface area contributed by atoms with Crippen LogP contribution in [-0.2, 0) is 17.6 Å². The zero-order chi connectivity index (χ0) is 16.8. The van der Waals surface area contributed by atoms with Gasteiger partial charge in [0.1, 0.15) is 5.82 Å². The van der Waals surface area contributed by atoms with E-state index in [1.54, 1.807) is 23.5 Å². The molecule has 3 rings (SSSR count). The van der Waals surface area contributed by atoms with E-state index in [0.29, 0.717) is 31.1 Å². The Morgan fingerprint density at radius 1 is 1.21 bits per heavy atom. The van der Waals surface area contributed by atoms with Crippen molar-refractivity contribution in [1.82, 2.24) is 15.5 Å². The van der Waals surface area contributed by atoms with Crippen LogP contribution in [-0.4, -0.2) is 22.6 Å². The molecule has 1 aromatic carbocycles. The summed E-state index contributed by atoms with van der Waals surface area (Å²) in [5.41, 5.74) is 1.90. The second-order valence-corrected chi connectivity index (χ2v) is 6.03. The fourth-order valence-corrected chi connectivity index (χ4v) is 2.81. The van der Waals surface area contributed by atoms with E-state index in [1.165, 1.54) is 12.1 Å². The highest BCUT2D eigenvalue weighted by molar-refractivity contribution is 7.08. The first kappa shape index (κ1) is 16.3. The van der Waals surface area contributed by atoms with E-state index >= 15 is 0 Å². The third-order valence-corrected chi connectivity index (χ3v) is 4.15. The number of amides is 1. The average molecular weight is 345 g/mol. The van der Waals surface area contributed by atoms with Crippen molar-refractivity contribution in [2.45, 2.75) is 19.3 Å². The topological polar surface area (TPSA) is 68.0 Å². The summed E-state index contributed by atoms with van der Waals surface area (Å²) in [6.07, 6.45) is 1.35. The molecule has 0 aliphatic rings. The summed E-state index contributed by atoms with van der Waals surface area (Å²) >= 11 is 1.56. The molecule has 3 aromatic rings. The fourth-order valence-electron chi connectivity index (χ4n) is 2.17. The minimum Gasteiger partial charge on any atom is -0.356 e. The van der Waals surface area contributed by atoms with Crippen LogP contribution in [0.1, 0.15) is 17.9 Å². The van der Waals surface area contributed by atoms with Crippen LogP contribution < -0.4 is 5.32 Å². The number of carbonyl (C=O) groups is 1. The molecule has 0 unspecified atom stereocenters. The molecule has 0 aliphatic carbocycles. The van der Waals surface area contributed by atoms with Gasteiger partial charge < -0.3 is 9.84 Å². The van der Waals surface area contributed by atoms with Crippen molar-refractivity contribution in [3.8, 4) is 11.4 Å². The number of aryl methyl sites for hydroxylation is 1. The number of rotatable bonds is 7. The van der Waals surface area contributed by atoms with Crippen molar-refractivity contribution in [3.63, 3.8) is 0 Å². The van der Waals surface area contributed by atoms with Crippen molar-refractivity contribution in [2.75, 3.05) is 6.54 Å². The van der Waals surface area contributed by atoms with Gasteiger partial charge in [-0.3, -0.25) is 4.79 Å². The average Bonchev–Trinajstić information content (AvgIpc) is 3.26. The molecule has 0 atom stereocenters. The predicted octanol–water partition coefficient (Wildman–Crippen LogP) is 3.23. The normalized spacial score (nSPS) is 10.7. The first-order chi connectivity index (χ1) is 11.7. The summed E-state index contributed by atoms with van der Waals surface area (Å²) in [4.78, 5) is 16.1. The van der Waals surface area contributed by atoms with E-state index in [2.05, 4.69) is 15.5 Å². The molecular formula is C17H16FN3O2S. The minimum absolute atomic E-state index is 0.0765. The lowest BCUT2D eigenvalue weighted by molar-refractivity contribution is -0.121. The highest BCUT2D eigenvalue weighted by atomic mass is 32.1. The Hall–Kier alpha value is -2.54. The maximum Gasteiger partial charge on any atom is 0.227 e. The van der Waals surface area contributed by atoms with Gasteiger partial charge in [0.25, 0.3) is 0 Å². The largest absolute Gasteiger partial charge is 0.356 e. The standard InChI is InChI=1S/C17H16FN3O2S/c18-14-3-1-12(2-4-14)7-9-19-15(22)5-6-16-20-17(21-23-16)13-8-10-24-11-13/h1-4,8,10-11H,5-7,9H2,(H,19,22). The monoisotopic (exact) mass is 345 g/mol. The van der Waals surface area contributed by atoms with Crippen molar-refractivity contribution in [2.24, 2.45) is 0 Å². The molecule has 1 amide bonds. The van der Waals surface area contributed by atoms with Crippen LogP contribution in [0.4, 0.5) is 4.39 Å². The smallest absolute Gasteiger partial charge is 0.227 e. The number of carbonyl (C=O) groups excluding carboxylic acids is 1. The van der Waals surface area contributed by atoms with E-state index in [9.17, 15) is 9.18 Å². The summed E-state index contributed by atoms with van der Waals surface area (Å²) in [5, 5.41) is 10.6. The lowest BCUT2D eigenvalue weighted by atomic mass is 10.1. The Morgan fingerprint density at radius 2 is 2.04 bits per heavy atom. The molecule has 0 bridgehead atoms. The van der Waals surface area contributed by atoms with Crippen LogP contribution in [0.2, 0.25) is 0 Å². The Labute approximate surface area is 142 Å². The van der Waals surface area contributed by atoms with Gasteiger partial charge >= 0.3 is 0 Å². The fraction of sp³-hybridized carbons (Fsp3) is 0.235. The third kappa shape index (κ3) is 4.48. The molecule has 0 fully saturated rings.